The summed E-state index contributed by atoms with van der Waals surface area (Å²) in [6.45, 7) is 6.63. The van der Waals surface area contributed by atoms with Crippen LogP contribution in [-0.4, -0.2) is 47.6 Å². The molecule has 5 atom stereocenters. The normalized spacial score (nSPS) is 42.7. The van der Waals surface area contributed by atoms with Crippen LogP contribution in [-0.2, 0) is 0 Å². The van der Waals surface area contributed by atoms with E-state index in [9.17, 15) is 0 Å². The summed E-state index contributed by atoms with van der Waals surface area (Å²) >= 11 is 0. The van der Waals surface area contributed by atoms with E-state index in [1.54, 1.807) is 6.42 Å². The topological polar surface area (TPSA) is 6.48 Å². The van der Waals surface area contributed by atoms with E-state index in [1.165, 1.54) is 83.8 Å². The van der Waals surface area contributed by atoms with E-state index >= 15 is 0 Å². The molecule has 1 unspecified atom stereocenters. The summed E-state index contributed by atoms with van der Waals surface area (Å²) in [6.07, 6.45) is 16.3. The second kappa shape index (κ2) is 6.81. The highest BCUT2D eigenvalue weighted by atomic mass is 15.3. The summed E-state index contributed by atoms with van der Waals surface area (Å²) < 4.78 is 0. The van der Waals surface area contributed by atoms with Crippen molar-refractivity contribution in [3.8, 4) is 0 Å². The number of nitrogens with zero attached hydrogens (tertiary/aromatic N) is 2. The molecule has 4 fully saturated rings. The SMILES string of the molecule is CCCCCC1CCC[C@@H]2[C@H]3C[C@@H](CN12)[C@@H]1CCCCN1C3. The van der Waals surface area contributed by atoms with Gasteiger partial charge in [-0.15, -0.1) is 0 Å². The lowest BCUT2D eigenvalue weighted by Gasteiger charge is -2.59. The van der Waals surface area contributed by atoms with Crippen molar-refractivity contribution in [2.45, 2.75) is 95.7 Å². The maximum absolute atomic E-state index is 3.03. The van der Waals surface area contributed by atoms with Crippen LogP contribution in [0.5, 0.6) is 0 Å². The molecule has 0 N–H and O–H groups in total. The number of piperidine rings is 4. The number of hydrogen-bond acceptors (Lipinski definition) is 2. The standard InChI is InChI=1S/C20H36N2/c1-2-3-4-8-18-9-7-11-20-16-13-17(15-22(18)20)19-10-5-6-12-21(19)14-16/h16-20H,2-15H2,1H3/t16-,17-,18?,19-,20+/m0/s1. The van der Waals surface area contributed by atoms with Crippen molar-refractivity contribution in [2.24, 2.45) is 11.8 Å². The van der Waals surface area contributed by atoms with Gasteiger partial charge in [-0.2, -0.15) is 0 Å². The fraction of sp³-hybridized carbons (Fsp3) is 1.00. The molecule has 4 rings (SSSR count). The molecule has 0 saturated carbocycles. The van der Waals surface area contributed by atoms with Gasteiger partial charge in [0.05, 0.1) is 0 Å². The molecule has 4 saturated heterocycles. The van der Waals surface area contributed by atoms with E-state index in [0.29, 0.717) is 0 Å². The predicted octanol–water partition coefficient (Wildman–Crippen LogP) is 4.29. The smallest absolute Gasteiger partial charge is 0.0139 e. The summed E-state index contributed by atoms with van der Waals surface area (Å²) in [5.74, 6) is 2.00. The fourth-order valence-electron chi connectivity index (χ4n) is 6.34. The Kier molecular flexibility index (Phi) is 4.78. The first kappa shape index (κ1) is 15.4. The molecule has 0 radical (unpaired) electrons. The highest BCUT2D eigenvalue weighted by Crippen LogP contribution is 2.44. The lowest BCUT2D eigenvalue weighted by molar-refractivity contribution is -0.0914. The van der Waals surface area contributed by atoms with Gasteiger partial charge in [0.25, 0.3) is 0 Å². The first-order valence-electron chi connectivity index (χ1n) is 10.4. The summed E-state index contributed by atoms with van der Waals surface area (Å²) in [4.78, 5) is 5.93. The van der Waals surface area contributed by atoms with Crippen molar-refractivity contribution < 1.29 is 0 Å². The Balaban J connectivity index is 1.45. The van der Waals surface area contributed by atoms with E-state index < -0.39 is 0 Å². The Bertz CT molecular complexity index is 369. The zero-order chi connectivity index (χ0) is 14.9. The van der Waals surface area contributed by atoms with Crippen LogP contribution in [0.25, 0.3) is 0 Å². The van der Waals surface area contributed by atoms with Gasteiger partial charge in [0.15, 0.2) is 0 Å². The Morgan fingerprint density at radius 1 is 0.864 bits per heavy atom. The third-order valence-electron chi connectivity index (χ3n) is 7.35. The minimum absolute atomic E-state index is 0.936. The summed E-state index contributed by atoms with van der Waals surface area (Å²) in [7, 11) is 0. The van der Waals surface area contributed by atoms with Crippen molar-refractivity contribution in [1.29, 1.82) is 0 Å². The summed E-state index contributed by atoms with van der Waals surface area (Å²) in [5, 5.41) is 0. The van der Waals surface area contributed by atoms with Crippen LogP contribution < -0.4 is 0 Å². The quantitative estimate of drug-likeness (QED) is 0.715. The van der Waals surface area contributed by atoms with E-state index in [2.05, 4.69) is 16.7 Å². The van der Waals surface area contributed by atoms with Crippen LogP contribution in [0.2, 0.25) is 0 Å². The monoisotopic (exact) mass is 304 g/mol. The molecule has 4 aliphatic heterocycles. The molecule has 4 heterocycles. The van der Waals surface area contributed by atoms with Crippen molar-refractivity contribution in [2.75, 3.05) is 19.6 Å². The van der Waals surface area contributed by atoms with Gasteiger partial charge in [-0.1, -0.05) is 39.0 Å². The van der Waals surface area contributed by atoms with Crippen LogP contribution in [0.1, 0.15) is 77.6 Å². The van der Waals surface area contributed by atoms with Gasteiger partial charge >= 0.3 is 0 Å². The number of hydrogen-bond donors (Lipinski definition) is 0. The zero-order valence-electron chi connectivity index (χ0n) is 14.7. The highest BCUT2D eigenvalue weighted by molar-refractivity contribution is 5.02. The average Bonchev–Trinajstić information content (AvgIpc) is 2.56. The molecule has 0 amide bonds. The molecular weight excluding hydrogens is 268 g/mol. The first-order chi connectivity index (χ1) is 10.9. The number of unbranched alkanes of at least 4 members (excludes halogenated alkanes) is 2. The minimum Gasteiger partial charge on any atom is -0.300 e. The average molecular weight is 305 g/mol. The summed E-state index contributed by atoms with van der Waals surface area (Å²) in [6, 6.07) is 2.83. The van der Waals surface area contributed by atoms with Gasteiger partial charge in [-0.05, 0) is 56.9 Å². The third kappa shape index (κ3) is 2.86. The lowest BCUT2D eigenvalue weighted by atomic mass is 9.70. The van der Waals surface area contributed by atoms with Gasteiger partial charge in [0.1, 0.15) is 0 Å². The molecule has 0 aliphatic carbocycles. The molecule has 0 aromatic rings. The van der Waals surface area contributed by atoms with Crippen LogP contribution in [0.15, 0.2) is 0 Å². The molecule has 0 spiro atoms. The van der Waals surface area contributed by atoms with Crippen LogP contribution in [0.3, 0.4) is 0 Å². The van der Waals surface area contributed by atoms with Gasteiger partial charge in [0, 0.05) is 31.2 Å². The largest absolute Gasteiger partial charge is 0.300 e. The molecule has 0 aromatic heterocycles. The van der Waals surface area contributed by atoms with E-state index in [-0.39, 0.29) is 0 Å². The highest BCUT2D eigenvalue weighted by Gasteiger charge is 2.48. The number of rotatable bonds is 4. The third-order valence-corrected chi connectivity index (χ3v) is 7.35. The van der Waals surface area contributed by atoms with Gasteiger partial charge < -0.3 is 0 Å². The Labute approximate surface area is 137 Å². The second-order valence-corrected chi connectivity index (χ2v) is 8.66. The van der Waals surface area contributed by atoms with Crippen LogP contribution >= 0.6 is 0 Å². The van der Waals surface area contributed by atoms with Gasteiger partial charge in [-0.25, -0.2) is 0 Å². The Hall–Kier alpha value is -0.0800. The maximum atomic E-state index is 3.03. The van der Waals surface area contributed by atoms with Crippen molar-refractivity contribution >= 4 is 0 Å². The Morgan fingerprint density at radius 3 is 2.64 bits per heavy atom. The maximum Gasteiger partial charge on any atom is 0.0139 e. The molecule has 4 aliphatic rings. The van der Waals surface area contributed by atoms with Crippen LogP contribution in [0.4, 0.5) is 0 Å². The van der Waals surface area contributed by atoms with Crippen LogP contribution in [0, 0.1) is 11.8 Å². The zero-order valence-corrected chi connectivity index (χ0v) is 14.7. The molecule has 22 heavy (non-hydrogen) atoms. The minimum atomic E-state index is 0.936. The fourth-order valence-corrected chi connectivity index (χ4v) is 6.34. The molecule has 2 heteroatoms. The van der Waals surface area contributed by atoms with Crippen molar-refractivity contribution in [3.63, 3.8) is 0 Å². The van der Waals surface area contributed by atoms with E-state index in [0.717, 1.165) is 30.0 Å². The predicted molar refractivity (Wildman–Crippen MR) is 93.1 cm³/mol. The second-order valence-electron chi connectivity index (χ2n) is 8.66. The first-order valence-corrected chi connectivity index (χ1v) is 10.4. The summed E-state index contributed by atoms with van der Waals surface area (Å²) in [5.41, 5.74) is 0. The molecular formula is C20H36N2. The van der Waals surface area contributed by atoms with E-state index in [4.69, 9.17) is 0 Å². The molecule has 2 bridgehead atoms. The van der Waals surface area contributed by atoms with Gasteiger partial charge in [-0.3, -0.25) is 9.80 Å². The molecule has 0 aromatic carbocycles. The van der Waals surface area contributed by atoms with Gasteiger partial charge in [0.2, 0.25) is 0 Å². The Morgan fingerprint density at radius 2 is 1.73 bits per heavy atom. The molecule has 126 valence electrons. The van der Waals surface area contributed by atoms with Crippen molar-refractivity contribution in [1.82, 2.24) is 9.80 Å². The van der Waals surface area contributed by atoms with Crippen molar-refractivity contribution in [3.05, 3.63) is 0 Å². The molecule has 2 nitrogen and oxygen atoms in total. The number of fused-ring (bicyclic) bond motifs is 6. The lowest BCUT2D eigenvalue weighted by Crippen LogP contribution is -2.65. The van der Waals surface area contributed by atoms with E-state index in [1.807, 2.05) is 0 Å².